The van der Waals surface area contributed by atoms with Crippen LogP contribution in [0.1, 0.15) is 17.2 Å². The number of benzene rings is 1. The summed E-state index contributed by atoms with van der Waals surface area (Å²) in [7, 11) is 3.44. The average molecular weight is 354 g/mol. The average Bonchev–Trinajstić information content (AvgIpc) is 2.54. The van der Waals surface area contributed by atoms with Crippen LogP contribution in [0.15, 0.2) is 42.6 Å². The molecule has 9 heteroatoms. The molecule has 1 aromatic carbocycles. The zero-order valence-electron chi connectivity index (χ0n) is 13.6. The van der Waals surface area contributed by atoms with Crippen molar-refractivity contribution in [3.05, 3.63) is 63.8 Å². The first kappa shape index (κ1) is 18.7. The van der Waals surface area contributed by atoms with Crippen molar-refractivity contribution in [3.8, 4) is 0 Å². The molecule has 6 nitrogen and oxygen atoms in total. The number of anilines is 1. The molecule has 1 atom stereocenters. The van der Waals surface area contributed by atoms with Gasteiger partial charge in [0.1, 0.15) is 0 Å². The molecule has 0 fully saturated rings. The molecule has 0 radical (unpaired) electrons. The predicted molar refractivity (Wildman–Crippen MR) is 87.3 cm³/mol. The summed E-state index contributed by atoms with van der Waals surface area (Å²) in [5.41, 5.74) is -0.476. The van der Waals surface area contributed by atoms with E-state index in [1.807, 2.05) is 0 Å². The maximum absolute atomic E-state index is 12.9. The molecule has 0 saturated heterocycles. The number of likely N-dealkylation sites (N-methyl/N-ethyl adjacent to an activating group) is 1. The summed E-state index contributed by atoms with van der Waals surface area (Å²) >= 11 is 0. The van der Waals surface area contributed by atoms with Gasteiger partial charge < -0.3 is 10.2 Å². The van der Waals surface area contributed by atoms with E-state index in [0.29, 0.717) is 5.56 Å². The number of nitrogens with one attached hydrogen (secondary N) is 1. The lowest BCUT2D eigenvalue weighted by molar-refractivity contribution is -0.384. The standard InChI is InChI=1S/C16H17F3N4O2/c1-22(2)14(11-5-3-6-12(9-11)16(17,18)19)10-21-15-13(23(24)25)7-4-8-20-15/h3-9,14H,10H2,1-2H3,(H,20,21). The highest BCUT2D eigenvalue weighted by Crippen LogP contribution is 2.32. The molecule has 134 valence electrons. The quantitative estimate of drug-likeness (QED) is 0.632. The molecule has 1 N–H and O–H groups in total. The van der Waals surface area contributed by atoms with Crippen molar-refractivity contribution in [2.75, 3.05) is 26.0 Å². The molecule has 0 aliphatic rings. The number of nitro groups is 1. The summed E-state index contributed by atoms with van der Waals surface area (Å²) < 4.78 is 38.7. The second kappa shape index (κ2) is 7.47. The van der Waals surface area contributed by atoms with E-state index in [9.17, 15) is 23.3 Å². The van der Waals surface area contributed by atoms with Gasteiger partial charge in [-0.25, -0.2) is 4.98 Å². The second-order valence-electron chi connectivity index (χ2n) is 5.61. The van der Waals surface area contributed by atoms with Gasteiger partial charge in [0.25, 0.3) is 0 Å². The zero-order valence-corrected chi connectivity index (χ0v) is 13.6. The van der Waals surface area contributed by atoms with E-state index >= 15 is 0 Å². The monoisotopic (exact) mass is 354 g/mol. The molecule has 25 heavy (non-hydrogen) atoms. The summed E-state index contributed by atoms with van der Waals surface area (Å²) in [5.74, 6) is 0.0753. The van der Waals surface area contributed by atoms with E-state index in [4.69, 9.17) is 0 Å². The fourth-order valence-electron chi connectivity index (χ4n) is 2.39. The highest BCUT2D eigenvalue weighted by Gasteiger charge is 2.31. The van der Waals surface area contributed by atoms with Gasteiger partial charge in [-0.15, -0.1) is 0 Å². The first-order chi connectivity index (χ1) is 11.7. The van der Waals surface area contributed by atoms with Crippen LogP contribution in [0.4, 0.5) is 24.7 Å². The fourth-order valence-corrected chi connectivity index (χ4v) is 2.39. The molecule has 0 spiro atoms. The number of halogens is 3. The van der Waals surface area contributed by atoms with E-state index in [-0.39, 0.29) is 18.1 Å². The maximum atomic E-state index is 12.9. The lowest BCUT2D eigenvalue weighted by atomic mass is 10.0. The van der Waals surface area contributed by atoms with Crippen LogP contribution in [0.25, 0.3) is 0 Å². The third-order valence-corrected chi connectivity index (χ3v) is 3.67. The van der Waals surface area contributed by atoms with Crippen molar-refractivity contribution >= 4 is 11.5 Å². The van der Waals surface area contributed by atoms with Crippen LogP contribution >= 0.6 is 0 Å². The Morgan fingerprint density at radius 3 is 2.60 bits per heavy atom. The Morgan fingerprint density at radius 1 is 1.28 bits per heavy atom. The summed E-state index contributed by atoms with van der Waals surface area (Å²) in [6.07, 6.45) is -3.02. The molecule has 0 saturated carbocycles. The highest BCUT2D eigenvalue weighted by molar-refractivity contribution is 5.55. The van der Waals surface area contributed by atoms with Crippen LogP contribution in [0.5, 0.6) is 0 Å². The normalized spacial score (nSPS) is 12.9. The van der Waals surface area contributed by atoms with Crippen molar-refractivity contribution in [1.29, 1.82) is 0 Å². The summed E-state index contributed by atoms with van der Waals surface area (Å²) in [6, 6.07) is 7.35. The van der Waals surface area contributed by atoms with Gasteiger partial charge in [-0.1, -0.05) is 12.1 Å². The first-order valence-corrected chi connectivity index (χ1v) is 7.37. The van der Waals surface area contributed by atoms with Gasteiger partial charge in [-0.05, 0) is 37.9 Å². The van der Waals surface area contributed by atoms with Crippen LogP contribution in [-0.4, -0.2) is 35.4 Å². The van der Waals surface area contributed by atoms with Gasteiger partial charge in [0, 0.05) is 18.8 Å². The first-order valence-electron chi connectivity index (χ1n) is 7.37. The molecule has 2 aromatic rings. The largest absolute Gasteiger partial charge is 0.416 e. The van der Waals surface area contributed by atoms with Crippen molar-refractivity contribution in [3.63, 3.8) is 0 Å². The van der Waals surface area contributed by atoms with Crippen molar-refractivity contribution in [2.24, 2.45) is 0 Å². The Hall–Kier alpha value is -2.68. The van der Waals surface area contributed by atoms with Crippen molar-refractivity contribution in [1.82, 2.24) is 9.88 Å². The minimum atomic E-state index is -4.43. The number of alkyl halides is 3. The molecule has 0 amide bonds. The van der Waals surface area contributed by atoms with Crippen LogP contribution in [-0.2, 0) is 6.18 Å². The molecule has 1 aromatic heterocycles. The third kappa shape index (κ3) is 4.66. The van der Waals surface area contributed by atoms with Gasteiger partial charge in [-0.2, -0.15) is 13.2 Å². The Balaban J connectivity index is 2.25. The number of aromatic nitrogens is 1. The van der Waals surface area contributed by atoms with E-state index in [1.165, 1.54) is 24.4 Å². The van der Waals surface area contributed by atoms with Crippen molar-refractivity contribution < 1.29 is 18.1 Å². The SMILES string of the molecule is CN(C)C(CNc1ncccc1[N+](=O)[O-])c1cccc(C(F)(F)F)c1. The minimum absolute atomic E-state index is 0.0753. The van der Waals surface area contributed by atoms with E-state index in [1.54, 1.807) is 25.1 Å². The Kier molecular flexibility index (Phi) is 5.58. The minimum Gasteiger partial charge on any atom is -0.362 e. The molecule has 1 unspecified atom stereocenters. The molecule has 0 aliphatic heterocycles. The van der Waals surface area contributed by atoms with Crippen LogP contribution in [0.2, 0.25) is 0 Å². The molecular weight excluding hydrogens is 337 g/mol. The Labute approximate surface area is 142 Å². The summed E-state index contributed by atoms with van der Waals surface area (Å²) in [5, 5.41) is 13.9. The van der Waals surface area contributed by atoms with E-state index in [2.05, 4.69) is 10.3 Å². The lowest BCUT2D eigenvalue weighted by Gasteiger charge is -2.26. The summed E-state index contributed by atoms with van der Waals surface area (Å²) in [4.78, 5) is 16.1. The van der Waals surface area contributed by atoms with Gasteiger partial charge in [0.05, 0.1) is 16.5 Å². The number of hydrogen-bond acceptors (Lipinski definition) is 5. The number of nitrogens with zero attached hydrogens (tertiary/aromatic N) is 3. The van der Waals surface area contributed by atoms with Gasteiger partial charge >= 0.3 is 11.9 Å². The molecular formula is C16H17F3N4O2. The fraction of sp³-hybridized carbons (Fsp3) is 0.312. The lowest BCUT2D eigenvalue weighted by Crippen LogP contribution is -2.27. The number of hydrogen-bond donors (Lipinski definition) is 1. The maximum Gasteiger partial charge on any atom is 0.416 e. The van der Waals surface area contributed by atoms with Gasteiger partial charge in [0.2, 0.25) is 5.82 Å². The summed E-state index contributed by atoms with van der Waals surface area (Å²) in [6.45, 7) is 0.159. The molecule has 2 rings (SSSR count). The highest BCUT2D eigenvalue weighted by atomic mass is 19.4. The van der Waals surface area contributed by atoms with Gasteiger partial charge in [-0.3, -0.25) is 10.1 Å². The van der Waals surface area contributed by atoms with E-state index < -0.39 is 22.7 Å². The van der Waals surface area contributed by atoms with Crippen LogP contribution < -0.4 is 5.32 Å². The number of pyridine rings is 1. The van der Waals surface area contributed by atoms with Crippen molar-refractivity contribution in [2.45, 2.75) is 12.2 Å². The van der Waals surface area contributed by atoms with E-state index in [0.717, 1.165) is 12.1 Å². The molecule has 0 bridgehead atoms. The number of rotatable bonds is 6. The molecule has 1 heterocycles. The molecule has 0 aliphatic carbocycles. The smallest absolute Gasteiger partial charge is 0.362 e. The Bertz CT molecular complexity index is 750. The second-order valence-corrected chi connectivity index (χ2v) is 5.61. The predicted octanol–water partition coefficient (Wildman–Crippen LogP) is 3.72. The van der Waals surface area contributed by atoms with Crippen LogP contribution in [0, 0.1) is 10.1 Å². The topological polar surface area (TPSA) is 71.3 Å². The zero-order chi connectivity index (χ0) is 18.6. The Morgan fingerprint density at radius 2 is 2.00 bits per heavy atom. The van der Waals surface area contributed by atoms with Crippen LogP contribution in [0.3, 0.4) is 0 Å². The van der Waals surface area contributed by atoms with Gasteiger partial charge in [0.15, 0.2) is 0 Å². The third-order valence-electron chi connectivity index (χ3n) is 3.67.